The molecule has 0 radical (unpaired) electrons. The third-order valence-electron chi connectivity index (χ3n) is 4.67. The Kier molecular flexibility index (Phi) is 6.01. The van der Waals surface area contributed by atoms with Gasteiger partial charge >= 0.3 is 0 Å². The third-order valence-corrected chi connectivity index (χ3v) is 5.75. The Hall–Kier alpha value is -2.90. The molecule has 7 heteroatoms. The molecule has 1 heterocycles. The van der Waals surface area contributed by atoms with Gasteiger partial charge in [0, 0.05) is 4.47 Å². The molecule has 1 aromatic heterocycles. The summed E-state index contributed by atoms with van der Waals surface area (Å²) in [7, 11) is 0. The maximum absolute atomic E-state index is 13.2. The lowest BCUT2D eigenvalue weighted by molar-refractivity contribution is 0.822. The van der Waals surface area contributed by atoms with Crippen molar-refractivity contribution in [1.29, 1.82) is 0 Å². The molecule has 3 aromatic carbocycles. The van der Waals surface area contributed by atoms with E-state index in [9.17, 15) is 4.79 Å². The van der Waals surface area contributed by atoms with Gasteiger partial charge in [-0.25, -0.2) is 4.68 Å². The van der Waals surface area contributed by atoms with Crippen LogP contribution >= 0.6 is 28.6 Å². The topological polar surface area (TPSA) is 62.5 Å². The number of aromatic amines is 1. The number of H-pyrrole nitrogens is 1. The molecule has 0 aliphatic carbocycles. The molecule has 150 valence electrons. The van der Waals surface area contributed by atoms with E-state index in [1.165, 1.54) is 4.68 Å². The van der Waals surface area contributed by atoms with Crippen LogP contribution in [-0.4, -0.2) is 9.78 Å². The van der Waals surface area contributed by atoms with Crippen molar-refractivity contribution in [3.05, 3.63) is 111 Å². The van der Waals surface area contributed by atoms with E-state index >= 15 is 0 Å². The Labute approximate surface area is 188 Å². The van der Waals surface area contributed by atoms with Crippen LogP contribution in [0.25, 0.3) is 5.69 Å². The first kappa shape index (κ1) is 20.4. The number of thiol groups is 1. The monoisotopic (exact) mass is 478 g/mol. The molecule has 4 aromatic rings. The number of nitrogens with zero attached hydrogens (tertiary/aromatic N) is 3. The molecular formula is C23H19BrN4OS. The highest BCUT2D eigenvalue weighted by Crippen LogP contribution is 2.33. The smallest absolute Gasteiger partial charge is 0.291 e. The maximum Gasteiger partial charge on any atom is 0.299 e. The maximum atomic E-state index is 13.2. The molecule has 0 saturated carbocycles. The van der Waals surface area contributed by atoms with Gasteiger partial charge in [-0.15, -0.1) is 5.11 Å². The molecule has 4 rings (SSSR count). The second-order valence-electron chi connectivity index (χ2n) is 6.84. The zero-order valence-corrected chi connectivity index (χ0v) is 18.6. The number of hydrogen-bond acceptors (Lipinski definition) is 4. The van der Waals surface area contributed by atoms with Crippen LogP contribution in [0, 0.1) is 6.92 Å². The predicted molar refractivity (Wildman–Crippen MR) is 127 cm³/mol. The van der Waals surface area contributed by atoms with Crippen molar-refractivity contribution in [1.82, 2.24) is 9.78 Å². The Morgan fingerprint density at radius 2 is 1.60 bits per heavy atom. The number of nitrogens with one attached hydrogen (secondary N) is 1. The Balaban J connectivity index is 1.81. The summed E-state index contributed by atoms with van der Waals surface area (Å²) in [6, 6.07) is 24.8. The van der Waals surface area contributed by atoms with Gasteiger partial charge in [-0.1, -0.05) is 64.0 Å². The van der Waals surface area contributed by atoms with Crippen molar-refractivity contribution in [2.75, 3.05) is 0 Å². The average molecular weight is 479 g/mol. The summed E-state index contributed by atoms with van der Waals surface area (Å²) in [5, 5.41) is 11.4. The Morgan fingerprint density at radius 1 is 0.933 bits per heavy atom. The van der Waals surface area contributed by atoms with Crippen LogP contribution in [0.2, 0.25) is 0 Å². The van der Waals surface area contributed by atoms with Crippen LogP contribution in [0.4, 0.5) is 11.4 Å². The first-order valence-corrected chi connectivity index (χ1v) is 10.7. The summed E-state index contributed by atoms with van der Waals surface area (Å²) in [4.78, 5) is 13.2. The van der Waals surface area contributed by atoms with Crippen molar-refractivity contribution >= 4 is 39.9 Å². The number of azo groups is 1. The minimum atomic E-state index is -0.372. The fraction of sp³-hybridized carbons (Fsp3) is 0.0870. The molecular weight excluding hydrogens is 460 g/mol. The lowest BCUT2D eigenvalue weighted by Crippen LogP contribution is -2.13. The molecule has 0 saturated heterocycles. The van der Waals surface area contributed by atoms with Gasteiger partial charge in [-0.2, -0.15) is 17.7 Å². The van der Waals surface area contributed by atoms with E-state index in [1.807, 2.05) is 85.8 Å². The van der Waals surface area contributed by atoms with Gasteiger partial charge < -0.3 is 0 Å². The first-order valence-electron chi connectivity index (χ1n) is 9.35. The second kappa shape index (κ2) is 8.85. The van der Waals surface area contributed by atoms with E-state index in [0.29, 0.717) is 11.4 Å². The molecule has 0 aliphatic rings. The summed E-state index contributed by atoms with van der Waals surface area (Å²) >= 11 is 8.23. The molecule has 1 N–H and O–H groups in total. The highest BCUT2D eigenvalue weighted by molar-refractivity contribution is 9.10. The summed E-state index contributed by atoms with van der Waals surface area (Å²) in [5.41, 5.74) is 4.02. The number of para-hydroxylation sites is 1. The van der Waals surface area contributed by atoms with Crippen molar-refractivity contribution in [2.45, 2.75) is 12.2 Å². The molecule has 1 atom stereocenters. The van der Waals surface area contributed by atoms with Crippen molar-refractivity contribution in [2.24, 2.45) is 10.2 Å². The molecule has 5 nitrogen and oxygen atoms in total. The first-order chi connectivity index (χ1) is 14.5. The van der Waals surface area contributed by atoms with Gasteiger partial charge in [0.25, 0.3) is 5.56 Å². The predicted octanol–water partition coefficient (Wildman–Crippen LogP) is 6.67. The van der Waals surface area contributed by atoms with Crippen LogP contribution in [-0.2, 0) is 0 Å². The summed E-state index contributed by atoms with van der Waals surface area (Å²) in [6.45, 7) is 2.01. The van der Waals surface area contributed by atoms with E-state index in [-0.39, 0.29) is 16.5 Å². The summed E-state index contributed by atoms with van der Waals surface area (Å²) in [5.74, 6) is 0. The summed E-state index contributed by atoms with van der Waals surface area (Å²) in [6.07, 6.45) is 0. The zero-order chi connectivity index (χ0) is 21.1. The SMILES string of the molecule is Cc1ccc(N=Nc2c(C(S)c3ccc(Br)cc3)[nH]n(-c3ccccc3)c2=O)cc1. The van der Waals surface area contributed by atoms with E-state index in [0.717, 1.165) is 21.3 Å². The second-order valence-corrected chi connectivity index (χ2v) is 8.27. The highest BCUT2D eigenvalue weighted by atomic mass is 79.9. The highest BCUT2D eigenvalue weighted by Gasteiger charge is 2.22. The van der Waals surface area contributed by atoms with E-state index in [1.54, 1.807) is 0 Å². The van der Waals surface area contributed by atoms with Gasteiger partial charge in [0.15, 0.2) is 5.69 Å². The molecule has 0 aliphatic heterocycles. The van der Waals surface area contributed by atoms with Crippen LogP contribution in [0.3, 0.4) is 0 Å². The van der Waals surface area contributed by atoms with Gasteiger partial charge in [0.05, 0.1) is 22.3 Å². The number of hydrogen-bond donors (Lipinski definition) is 2. The Morgan fingerprint density at radius 3 is 2.27 bits per heavy atom. The minimum absolute atomic E-state index is 0.238. The van der Waals surface area contributed by atoms with Crippen molar-refractivity contribution in [3.8, 4) is 5.69 Å². The normalized spacial score (nSPS) is 12.4. The van der Waals surface area contributed by atoms with Gasteiger partial charge in [0.2, 0.25) is 0 Å². The van der Waals surface area contributed by atoms with Gasteiger partial charge in [0.1, 0.15) is 0 Å². The average Bonchev–Trinajstić information content (AvgIpc) is 3.10. The molecule has 0 amide bonds. The van der Waals surface area contributed by atoms with E-state index < -0.39 is 0 Å². The lowest BCUT2D eigenvalue weighted by atomic mass is 10.1. The van der Waals surface area contributed by atoms with Gasteiger partial charge in [-0.3, -0.25) is 9.89 Å². The van der Waals surface area contributed by atoms with E-state index in [4.69, 9.17) is 12.6 Å². The standard InChI is InChI=1S/C23H19BrN4OS/c1-15-7-13-18(14-8-15)25-26-21-20(22(30)16-9-11-17(24)12-10-16)27-28(23(21)29)19-5-3-2-4-6-19/h2-14,22,27,30H,1H3. The van der Waals surface area contributed by atoms with Crippen LogP contribution in [0.1, 0.15) is 22.1 Å². The van der Waals surface area contributed by atoms with Crippen molar-refractivity contribution < 1.29 is 0 Å². The third kappa shape index (κ3) is 4.32. The fourth-order valence-electron chi connectivity index (χ4n) is 3.02. The lowest BCUT2D eigenvalue weighted by Gasteiger charge is -2.10. The van der Waals surface area contributed by atoms with Gasteiger partial charge in [-0.05, 0) is 48.9 Å². The fourth-order valence-corrected chi connectivity index (χ4v) is 3.64. The van der Waals surface area contributed by atoms with Crippen molar-refractivity contribution in [3.63, 3.8) is 0 Å². The number of benzene rings is 3. The van der Waals surface area contributed by atoms with E-state index in [2.05, 4.69) is 31.3 Å². The van der Waals surface area contributed by atoms with Crippen LogP contribution < -0.4 is 5.56 Å². The van der Waals surface area contributed by atoms with Crippen LogP contribution in [0.15, 0.2) is 98.4 Å². The zero-order valence-electron chi connectivity index (χ0n) is 16.2. The number of aromatic nitrogens is 2. The largest absolute Gasteiger partial charge is 0.299 e. The molecule has 0 bridgehead atoms. The number of rotatable bonds is 5. The quantitative estimate of drug-likeness (QED) is 0.244. The number of aryl methyl sites for hydroxylation is 1. The molecule has 0 spiro atoms. The molecule has 0 fully saturated rings. The number of halogens is 1. The van der Waals surface area contributed by atoms with Crippen LogP contribution in [0.5, 0.6) is 0 Å². The minimum Gasteiger partial charge on any atom is -0.291 e. The molecule has 30 heavy (non-hydrogen) atoms. The Bertz CT molecular complexity index is 1230. The molecule has 1 unspecified atom stereocenters. The summed E-state index contributed by atoms with van der Waals surface area (Å²) < 4.78 is 2.45.